The Morgan fingerprint density at radius 1 is 1.03 bits per heavy atom. The summed E-state index contributed by atoms with van der Waals surface area (Å²) in [6.07, 6.45) is 2.63. The van der Waals surface area contributed by atoms with Gasteiger partial charge < -0.3 is 29.7 Å². The normalized spacial score (nSPS) is 13.9. The molecular weight excluding hydrogens is 441 g/mol. The van der Waals surface area contributed by atoms with Gasteiger partial charge in [0.1, 0.15) is 12.4 Å². The van der Waals surface area contributed by atoms with Crippen LogP contribution in [0.4, 0.5) is 14.9 Å². The summed E-state index contributed by atoms with van der Waals surface area (Å²) in [5, 5.41) is 5.78. The van der Waals surface area contributed by atoms with Gasteiger partial charge in [0.05, 0.1) is 20.8 Å². The van der Waals surface area contributed by atoms with E-state index in [1.807, 2.05) is 0 Å². The molecular formula is C25H32FN3O5. The molecule has 0 aromatic heterocycles. The second kappa shape index (κ2) is 12.8. The van der Waals surface area contributed by atoms with E-state index in [2.05, 4.69) is 10.6 Å². The monoisotopic (exact) mass is 473 g/mol. The summed E-state index contributed by atoms with van der Waals surface area (Å²) in [5.74, 6) is 1.14. The molecule has 3 rings (SSSR count). The van der Waals surface area contributed by atoms with E-state index in [0.29, 0.717) is 42.7 Å². The molecule has 2 aromatic rings. The van der Waals surface area contributed by atoms with Crippen molar-refractivity contribution in [2.75, 3.05) is 45.8 Å². The van der Waals surface area contributed by atoms with Crippen LogP contribution < -0.4 is 20.1 Å². The molecule has 9 heteroatoms. The van der Waals surface area contributed by atoms with Crippen LogP contribution in [0.3, 0.4) is 0 Å². The highest BCUT2D eigenvalue weighted by Crippen LogP contribution is 2.30. The van der Waals surface area contributed by atoms with Crippen molar-refractivity contribution in [3.63, 3.8) is 0 Å². The van der Waals surface area contributed by atoms with E-state index in [-0.39, 0.29) is 31.0 Å². The summed E-state index contributed by atoms with van der Waals surface area (Å²) >= 11 is 0. The zero-order valence-electron chi connectivity index (χ0n) is 19.6. The fourth-order valence-electron chi connectivity index (χ4n) is 3.85. The number of benzene rings is 2. The topological polar surface area (TPSA) is 89.1 Å². The first-order chi connectivity index (χ1) is 16.5. The van der Waals surface area contributed by atoms with E-state index in [1.165, 1.54) is 12.1 Å². The lowest BCUT2D eigenvalue weighted by Crippen LogP contribution is -2.41. The first kappa shape index (κ1) is 25.3. The lowest BCUT2D eigenvalue weighted by atomic mass is 9.94. The number of hydrogen-bond donors (Lipinski definition) is 2. The molecule has 184 valence electrons. The van der Waals surface area contributed by atoms with Gasteiger partial charge in [-0.15, -0.1) is 0 Å². The molecule has 3 amide bonds. The molecule has 0 aliphatic carbocycles. The molecule has 34 heavy (non-hydrogen) atoms. The number of piperidine rings is 1. The molecule has 1 aliphatic heterocycles. The molecule has 2 aromatic carbocycles. The summed E-state index contributed by atoms with van der Waals surface area (Å²) < 4.78 is 28.8. The number of urea groups is 1. The SMILES string of the molecule is COc1ccc(NC(=O)N2CCC(CCNC(=O)COCc3ccc(F)cc3)CC2)cc1OC. The molecule has 0 radical (unpaired) electrons. The predicted octanol–water partition coefficient (Wildman–Crippen LogP) is 3.81. The minimum atomic E-state index is -0.300. The molecule has 0 saturated carbocycles. The Morgan fingerprint density at radius 2 is 1.74 bits per heavy atom. The highest BCUT2D eigenvalue weighted by atomic mass is 19.1. The maximum Gasteiger partial charge on any atom is 0.321 e. The Kier molecular flexibility index (Phi) is 9.51. The van der Waals surface area contributed by atoms with E-state index in [1.54, 1.807) is 49.5 Å². The number of nitrogens with zero attached hydrogens (tertiary/aromatic N) is 1. The van der Waals surface area contributed by atoms with Gasteiger partial charge in [-0.05, 0) is 55.0 Å². The number of methoxy groups -OCH3 is 2. The van der Waals surface area contributed by atoms with Crippen LogP contribution in [0.15, 0.2) is 42.5 Å². The number of carbonyl (C=O) groups is 2. The number of likely N-dealkylation sites (tertiary alicyclic amines) is 1. The Bertz CT molecular complexity index is 946. The maximum absolute atomic E-state index is 12.9. The third-order valence-corrected chi connectivity index (χ3v) is 5.83. The number of anilines is 1. The van der Waals surface area contributed by atoms with Gasteiger partial charge in [0.15, 0.2) is 11.5 Å². The van der Waals surface area contributed by atoms with Crippen LogP contribution in [-0.4, -0.2) is 57.3 Å². The third kappa shape index (κ3) is 7.62. The highest BCUT2D eigenvalue weighted by Gasteiger charge is 2.23. The summed E-state index contributed by atoms with van der Waals surface area (Å²) in [6.45, 7) is 2.13. The Balaban J connectivity index is 1.30. The zero-order chi connectivity index (χ0) is 24.3. The van der Waals surface area contributed by atoms with Gasteiger partial charge in [0.25, 0.3) is 0 Å². The minimum absolute atomic E-state index is 0.0356. The van der Waals surface area contributed by atoms with Gasteiger partial charge in [0.2, 0.25) is 5.91 Å². The predicted molar refractivity (Wildman–Crippen MR) is 127 cm³/mol. The van der Waals surface area contributed by atoms with Crippen molar-refractivity contribution in [3.05, 3.63) is 53.8 Å². The lowest BCUT2D eigenvalue weighted by molar-refractivity contribution is -0.126. The number of rotatable bonds is 10. The molecule has 0 atom stereocenters. The number of carbonyl (C=O) groups excluding carboxylic acids is 2. The van der Waals surface area contributed by atoms with Crippen molar-refractivity contribution >= 4 is 17.6 Å². The lowest BCUT2D eigenvalue weighted by Gasteiger charge is -2.32. The van der Waals surface area contributed by atoms with Crippen molar-refractivity contribution in [1.82, 2.24) is 10.2 Å². The standard InChI is InChI=1S/C25H32FN3O5/c1-32-22-8-7-21(15-23(22)33-2)28-25(31)29-13-10-18(11-14-29)9-12-27-24(30)17-34-16-19-3-5-20(26)6-4-19/h3-8,15,18H,9-14,16-17H2,1-2H3,(H,27,30)(H,28,31). The van der Waals surface area contributed by atoms with Gasteiger partial charge in [-0.2, -0.15) is 0 Å². The number of ether oxygens (including phenoxy) is 3. The first-order valence-corrected chi connectivity index (χ1v) is 11.4. The molecule has 1 aliphatic rings. The molecule has 2 N–H and O–H groups in total. The van der Waals surface area contributed by atoms with Crippen molar-refractivity contribution in [3.8, 4) is 11.5 Å². The third-order valence-electron chi connectivity index (χ3n) is 5.83. The molecule has 8 nitrogen and oxygen atoms in total. The average Bonchev–Trinajstić information content (AvgIpc) is 2.85. The first-order valence-electron chi connectivity index (χ1n) is 11.4. The smallest absolute Gasteiger partial charge is 0.321 e. The Labute approximate surface area is 199 Å². The largest absolute Gasteiger partial charge is 0.493 e. The van der Waals surface area contributed by atoms with Gasteiger partial charge in [-0.25, -0.2) is 9.18 Å². The molecule has 1 heterocycles. The summed E-state index contributed by atoms with van der Waals surface area (Å²) in [7, 11) is 3.12. The second-order valence-corrected chi connectivity index (χ2v) is 8.19. The van der Waals surface area contributed by atoms with Crippen molar-refractivity contribution in [2.24, 2.45) is 5.92 Å². The molecule has 0 spiro atoms. The van der Waals surface area contributed by atoms with Gasteiger partial charge in [-0.3, -0.25) is 4.79 Å². The average molecular weight is 474 g/mol. The Hall–Kier alpha value is -3.33. The molecule has 0 unspecified atom stereocenters. The minimum Gasteiger partial charge on any atom is -0.493 e. The molecule has 1 fully saturated rings. The number of amides is 3. The van der Waals surface area contributed by atoms with Crippen molar-refractivity contribution < 1.29 is 28.2 Å². The van der Waals surface area contributed by atoms with Crippen LogP contribution in [-0.2, 0) is 16.1 Å². The van der Waals surface area contributed by atoms with Crippen molar-refractivity contribution in [1.29, 1.82) is 0 Å². The van der Waals surface area contributed by atoms with Crippen LogP contribution in [0.5, 0.6) is 11.5 Å². The van der Waals surface area contributed by atoms with E-state index in [0.717, 1.165) is 24.8 Å². The fraction of sp³-hybridized carbons (Fsp3) is 0.440. The zero-order valence-corrected chi connectivity index (χ0v) is 19.6. The summed E-state index contributed by atoms with van der Waals surface area (Å²) in [4.78, 5) is 26.4. The molecule has 0 bridgehead atoms. The van der Waals surface area contributed by atoms with Crippen LogP contribution in [0, 0.1) is 11.7 Å². The van der Waals surface area contributed by atoms with Gasteiger partial charge in [-0.1, -0.05) is 12.1 Å². The number of hydrogen-bond acceptors (Lipinski definition) is 5. The number of nitrogens with one attached hydrogen (secondary N) is 2. The van der Waals surface area contributed by atoms with E-state index in [9.17, 15) is 14.0 Å². The molecule has 1 saturated heterocycles. The van der Waals surface area contributed by atoms with E-state index < -0.39 is 0 Å². The number of halogens is 1. The summed E-state index contributed by atoms with van der Waals surface area (Å²) in [6, 6.07) is 11.1. The quantitative estimate of drug-likeness (QED) is 0.548. The second-order valence-electron chi connectivity index (χ2n) is 8.19. The van der Waals surface area contributed by atoms with Gasteiger partial charge in [0, 0.05) is 31.4 Å². The van der Waals surface area contributed by atoms with Crippen molar-refractivity contribution in [2.45, 2.75) is 25.9 Å². The van der Waals surface area contributed by atoms with E-state index >= 15 is 0 Å². The van der Waals surface area contributed by atoms with Gasteiger partial charge >= 0.3 is 6.03 Å². The Morgan fingerprint density at radius 3 is 2.41 bits per heavy atom. The van der Waals surface area contributed by atoms with Crippen LogP contribution in [0.25, 0.3) is 0 Å². The van der Waals surface area contributed by atoms with Crippen LogP contribution in [0.2, 0.25) is 0 Å². The highest BCUT2D eigenvalue weighted by molar-refractivity contribution is 5.89. The van der Waals surface area contributed by atoms with E-state index in [4.69, 9.17) is 14.2 Å². The summed E-state index contributed by atoms with van der Waals surface area (Å²) in [5.41, 5.74) is 1.46. The fourth-order valence-corrected chi connectivity index (χ4v) is 3.85. The van der Waals surface area contributed by atoms with Crippen LogP contribution >= 0.6 is 0 Å². The van der Waals surface area contributed by atoms with Crippen LogP contribution in [0.1, 0.15) is 24.8 Å². The maximum atomic E-state index is 12.9.